The average molecular weight is 359 g/mol. The van der Waals surface area contributed by atoms with Crippen LogP contribution in [-0.4, -0.2) is 43.3 Å². The number of rotatable bonds is 3. The van der Waals surface area contributed by atoms with Crippen LogP contribution in [0.5, 0.6) is 0 Å². The molecule has 1 aliphatic carbocycles. The van der Waals surface area contributed by atoms with E-state index in [1.54, 1.807) is 0 Å². The molecule has 1 aromatic rings. The Balaban J connectivity index is 1.69. The average Bonchev–Trinajstić information content (AvgIpc) is 3.13. The molecule has 0 atom stereocenters. The highest BCUT2D eigenvalue weighted by atomic mass is 32.2. The number of hydrogen-bond acceptors (Lipinski definition) is 3. The van der Waals surface area contributed by atoms with Crippen LogP contribution in [0.15, 0.2) is 30.3 Å². The van der Waals surface area contributed by atoms with Crippen LogP contribution in [0.4, 0.5) is 0 Å². The third-order valence-corrected chi connectivity index (χ3v) is 6.92. The fraction of sp³-hybridized carbons (Fsp3) is 0.550. The molecule has 0 bridgehead atoms. The van der Waals surface area contributed by atoms with E-state index in [1.165, 1.54) is 0 Å². The Morgan fingerprint density at radius 2 is 1.68 bits per heavy atom. The second-order valence-electron chi connectivity index (χ2n) is 7.00. The molecule has 1 amide bonds. The number of nitrogens with zero attached hydrogens (tertiary/aromatic N) is 1. The molecule has 2 aliphatic rings. The van der Waals surface area contributed by atoms with Crippen molar-refractivity contribution in [1.82, 2.24) is 4.90 Å². The molecule has 5 heteroatoms. The van der Waals surface area contributed by atoms with Gasteiger partial charge >= 0.3 is 0 Å². The van der Waals surface area contributed by atoms with Crippen molar-refractivity contribution in [2.45, 2.75) is 44.6 Å². The van der Waals surface area contributed by atoms with Gasteiger partial charge in [0.1, 0.15) is 9.84 Å². The molecule has 1 saturated heterocycles. The molecule has 0 N–H and O–H groups in total. The van der Waals surface area contributed by atoms with Crippen LogP contribution < -0.4 is 0 Å². The SMILES string of the molecule is O=C(C1CCS(=O)(=O)CC1)N(CC#Cc1ccccc1)C1CCCC1. The predicted molar refractivity (Wildman–Crippen MR) is 98.7 cm³/mol. The summed E-state index contributed by atoms with van der Waals surface area (Å²) in [6.07, 6.45) is 5.28. The summed E-state index contributed by atoms with van der Waals surface area (Å²) in [5, 5.41) is 0. The number of carbonyl (C=O) groups excluding carboxylic acids is 1. The van der Waals surface area contributed by atoms with Crippen LogP contribution in [0.3, 0.4) is 0 Å². The van der Waals surface area contributed by atoms with E-state index in [9.17, 15) is 13.2 Å². The van der Waals surface area contributed by atoms with Crippen LogP contribution in [-0.2, 0) is 14.6 Å². The number of sulfone groups is 1. The molecule has 1 saturated carbocycles. The maximum absolute atomic E-state index is 13.0. The molecule has 2 fully saturated rings. The normalized spacial score (nSPS) is 20.6. The van der Waals surface area contributed by atoms with E-state index in [0.29, 0.717) is 19.4 Å². The van der Waals surface area contributed by atoms with Crippen molar-refractivity contribution in [3.63, 3.8) is 0 Å². The first kappa shape index (κ1) is 18.0. The molecule has 4 nitrogen and oxygen atoms in total. The number of benzene rings is 1. The van der Waals surface area contributed by atoms with Gasteiger partial charge in [0.15, 0.2) is 0 Å². The molecule has 134 valence electrons. The second kappa shape index (κ2) is 8.05. The Labute approximate surface area is 150 Å². The first-order valence-corrected chi connectivity index (χ1v) is 10.9. The summed E-state index contributed by atoms with van der Waals surface area (Å²) in [5.41, 5.74) is 0.949. The lowest BCUT2D eigenvalue weighted by molar-refractivity contribution is -0.137. The minimum absolute atomic E-state index is 0.101. The lowest BCUT2D eigenvalue weighted by Crippen LogP contribution is -2.44. The second-order valence-corrected chi connectivity index (χ2v) is 9.30. The van der Waals surface area contributed by atoms with E-state index < -0.39 is 9.84 Å². The first-order chi connectivity index (χ1) is 12.1. The van der Waals surface area contributed by atoms with Gasteiger partial charge in [-0.1, -0.05) is 42.9 Å². The van der Waals surface area contributed by atoms with E-state index in [1.807, 2.05) is 35.2 Å². The highest BCUT2D eigenvalue weighted by Gasteiger charge is 2.34. The van der Waals surface area contributed by atoms with E-state index in [4.69, 9.17) is 0 Å². The van der Waals surface area contributed by atoms with Gasteiger partial charge in [0, 0.05) is 17.5 Å². The molecular weight excluding hydrogens is 334 g/mol. The maximum atomic E-state index is 13.0. The molecular formula is C20H25NO3S. The zero-order chi connectivity index (χ0) is 17.7. The predicted octanol–water partition coefficient (Wildman–Crippen LogP) is 2.63. The standard InChI is InChI=1S/C20H25NO3S/c22-20(18-12-15-25(23,24)16-13-18)21(19-10-4-5-11-19)14-6-9-17-7-2-1-3-8-17/h1-3,7-8,18-19H,4-5,10-16H2. The van der Waals surface area contributed by atoms with Crippen LogP contribution in [0, 0.1) is 17.8 Å². The minimum Gasteiger partial charge on any atom is -0.328 e. The van der Waals surface area contributed by atoms with E-state index in [0.717, 1.165) is 31.2 Å². The van der Waals surface area contributed by atoms with Crippen molar-refractivity contribution in [3.8, 4) is 11.8 Å². The molecule has 0 unspecified atom stereocenters. The Kier molecular flexibility index (Phi) is 5.80. The lowest BCUT2D eigenvalue weighted by Gasteiger charge is -2.32. The van der Waals surface area contributed by atoms with Gasteiger partial charge in [-0.3, -0.25) is 4.79 Å². The van der Waals surface area contributed by atoms with Crippen molar-refractivity contribution < 1.29 is 13.2 Å². The largest absolute Gasteiger partial charge is 0.328 e. The Bertz CT molecular complexity index is 741. The van der Waals surface area contributed by atoms with Gasteiger partial charge in [0.05, 0.1) is 18.1 Å². The summed E-state index contributed by atoms with van der Waals surface area (Å²) in [5.74, 6) is 6.49. The molecule has 1 aromatic carbocycles. The summed E-state index contributed by atoms with van der Waals surface area (Å²) in [4.78, 5) is 14.9. The molecule has 0 aromatic heterocycles. The topological polar surface area (TPSA) is 54.5 Å². The number of amides is 1. The van der Waals surface area contributed by atoms with Crippen LogP contribution in [0.1, 0.15) is 44.1 Å². The van der Waals surface area contributed by atoms with Gasteiger partial charge in [-0.05, 0) is 37.8 Å². The molecule has 0 spiro atoms. The monoisotopic (exact) mass is 359 g/mol. The van der Waals surface area contributed by atoms with Gasteiger partial charge < -0.3 is 4.90 Å². The molecule has 1 aliphatic heterocycles. The zero-order valence-corrected chi connectivity index (χ0v) is 15.3. The van der Waals surface area contributed by atoms with Crippen molar-refractivity contribution in [3.05, 3.63) is 35.9 Å². The van der Waals surface area contributed by atoms with Crippen LogP contribution in [0.2, 0.25) is 0 Å². The summed E-state index contributed by atoms with van der Waals surface area (Å²) < 4.78 is 23.3. The molecule has 3 rings (SSSR count). The highest BCUT2D eigenvalue weighted by molar-refractivity contribution is 7.91. The first-order valence-electron chi connectivity index (χ1n) is 9.10. The van der Waals surface area contributed by atoms with Gasteiger partial charge in [0.2, 0.25) is 5.91 Å². The molecule has 0 radical (unpaired) electrons. The Morgan fingerprint density at radius 1 is 1.04 bits per heavy atom. The van der Waals surface area contributed by atoms with E-state index in [2.05, 4.69) is 11.8 Å². The minimum atomic E-state index is -2.95. The Hall–Kier alpha value is -1.80. The van der Waals surface area contributed by atoms with Crippen molar-refractivity contribution >= 4 is 15.7 Å². The van der Waals surface area contributed by atoms with Gasteiger partial charge in [0.25, 0.3) is 0 Å². The molecule has 25 heavy (non-hydrogen) atoms. The lowest BCUT2D eigenvalue weighted by atomic mass is 9.99. The van der Waals surface area contributed by atoms with Gasteiger partial charge in [-0.25, -0.2) is 8.42 Å². The third-order valence-electron chi connectivity index (χ3n) is 5.21. The van der Waals surface area contributed by atoms with Crippen molar-refractivity contribution in [2.24, 2.45) is 5.92 Å². The van der Waals surface area contributed by atoms with Crippen molar-refractivity contribution in [1.29, 1.82) is 0 Å². The summed E-state index contributed by atoms with van der Waals surface area (Å²) in [7, 11) is -2.95. The van der Waals surface area contributed by atoms with E-state index in [-0.39, 0.29) is 29.4 Å². The zero-order valence-electron chi connectivity index (χ0n) is 14.5. The summed E-state index contributed by atoms with van der Waals surface area (Å²) in [6, 6.07) is 10.0. The fourth-order valence-electron chi connectivity index (χ4n) is 3.72. The number of carbonyl (C=O) groups is 1. The fourth-order valence-corrected chi connectivity index (χ4v) is 5.21. The maximum Gasteiger partial charge on any atom is 0.226 e. The van der Waals surface area contributed by atoms with Gasteiger partial charge in [-0.15, -0.1) is 0 Å². The third kappa shape index (κ3) is 4.85. The quantitative estimate of drug-likeness (QED) is 0.780. The van der Waals surface area contributed by atoms with Gasteiger partial charge in [-0.2, -0.15) is 0 Å². The molecule has 1 heterocycles. The highest BCUT2D eigenvalue weighted by Crippen LogP contribution is 2.27. The Morgan fingerprint density at radius 3 is 2.32 bits per heavy atom. The summed E-state index contributed by atoms with van der Waals surface area (Å²) >= 11 is 0. The van der Waals surface area contributed by atoms with Crippen LogP contribution >= 0.6 is 0 Å². The van der Waals surface area contributed by atoms with Crippen molar-refractivity contribution in [2.75, 3.05) is 18.1 Å². The summed E-state index contributed by atoms with van der Waals surface area (Å²) in [6.45, 7) is 0.432. The van der Waals surface area contributed by atoms with Crippen LogP contribution in [0.25, 0.3) is 0 Å². The smallest absolute Gasteiger partial charge is 0.226 e. The van der Waals surface area contributed by atoms with E-state index >= 15 is 0 Å². The number of hydrogen-bond donors (Lipinski definition) is 0.